The Bertz CT molecular complexity index is 1040. The second-order valence-electron chi connectivity index (χ2n) is 8.15. The smallest absolute Gasteiger partial charge is 0.343 e. The van der Waals surface area contributed by atoms with Crippen LogP contribution in [0.2, 0.25) is 0 Å². The number of rotatable bonds is 3. The predicted octanol–water partition coefficient (Wildman–Crippen LogP) is 3.83. The Morgan fingerprint density at radius 1 is 0.931 bits per heavy atom. The molecule has 0 spiro atoms. The van der Waals surface area contributed by atoms with Crippen LogP contribution in [0.4, 0.5) is 5.69 Å². The molecule has 5 heteroatoms. The van der Waals surface area contributed by atoms with Gasteiger partial charge < -0.3 is 4.74 Å². The number of nitrogens with zero attached hydrogens (tertiary/aromatic N) is 1. The van der Waals surface area contributed by atoms with Gasteiger partial charge in [-0.3, -0.25) is 14.5 Å². The number of imide groups is 1. The van der Waals surface area contributed by atoms with Crippen LogP contribution in [0.15, 0.2) is 54.6 Å². The minimum Gasteiger partial charge on any atom is -0.423 e. The normalized spacial score (nSPS) is 26.9. The topological polar surface area (TPSA) is 63.7 Å². The lowest BCUT2D eigenvalue weighted by atomic mass is 9.85. The molecule has 5 nitrogen and oxygen atoms in total. The maximum atomic E-state index is 12.9. The molecular formula is C24H21NO4. The molecule has 29 heavy (non-hydrogen) atoms. The summed E-state index contributed by atoms with van der Waals surface area (Å²) in [5.41, 5.74) is 2.85. The van der Waals surface area contributed by atoms with Crippen molar-refractivity contribution in [1.82, 2.24) is 0 Å². The molecule has 146 valence electrons. The van der Waals surface area contributed by atoms with E-state index in [-0.39, 0.29) is 35.5 Å². The van der Waals surface area contributed by atoms with Crippen molar-refractivity contribution in [2.45, 2.75) is 20.3 Å². The highest BCUT2D eigenvalue weighted by Crippen LogP contribution is 2.53. The second kappa shape index (κ2) is 6.41. The number of benzene rings is 2. The molecule has 4 atom stereocenters. The summed E-state index contributed by atoms with van der Waals surface area (Å²) in [4.78, 5) is 39.6. The summed E-state index contributed by atoms with van der Waals surface area (Å²) >= 11 is 0. The van der Waals surface area contributed by atoms with Gasteiger partial charge in [-0.05, 0) is 73.6 Å². The highest BCUT2D eigenvalue weighted by atomic mass is 16.5. The Kier molecular flexibility index (Phi) is 3.95. The van der Waals surface area contributed by atoms with Crippen molar-refractivity contribution >= 4 is 23.5 Å². The molecule has 2 aromatic rings. The lowest BCUT2D eigenvalue weighted by Gasteiger charge is -2.17. The van der Waals surface area contributed by atoms with Crippen LogP contribution in [0, 0.1) is 37.5 Å². The Morgan fingerprint density at radius 3 is 2.17 bits per heavy atom. The average molecular weight is 387 g/mol. The third kappa shape index (κ3) is 2.64. The van der Waals surface area contributed by atoms with Crippen molar-refractivity contribution in [2.75, 3.05) is 4.90 Å². The van der Waals surface area contributed by atoms with Gasteiger partial charge in [0.1, 0.15) is 5.75 Å². The molecule has 2 amide bonds. The van der Waals surface area contributed by atoms with Crippen LogP contribution in [0.25, 0.3) is 0 Å². The van der Waals surface area contributed by atoms with Gasteiger partial charge in [0, 0.05) is 0 Å². The van der Waals surface area contributed by atoms with Crippen molar-refractivity contribution in [3.8, 4) is 5.75 Å². The van der Waals surface area contributed by atoms with Crippen LogP contribution < -0.4 is 9.64 Å². The van der Waals surface area contributed by atoms with Crippen molar-refractivity contribution < 1.29 is 19.1 Å². The van der Waals surface area contributed by atoms with Gasteiger partial charge in [0.05, 0.1) is 23.1 Å². The van der Waals surface area contributed by atoms with Gasteiger partial charge in [0.25, 0.3) is 0 Å². The first-order valence-corrected chi connectivity index (χ1v) is 9.90. The Morgan fingerprint density at radius 2 is 1.55 bits per heavy atom. The molecule has 5 rings (SSSR count). The van der Waals surface area contributed by atoms with E-state index in [1.165, 1.54) is 4.90 Å². The SMILES string of the molecule is Cc1cccc(OC(=O)c2ccc(N3C(=O)[C@@H]4[C@H](C3=O)[C@H]3C=C[C@H]4C3)cc2)c1C. The second-order valence-corrected chi connectivity index (χ2v) is 8.15. The van der Waals surface area contributed by atoms with Crippen LogP contribution in [-0.4, -0.2) is 17.8 Å². The van der Waals surface area contributed by atoms with Gasteiger partial charge in [0.15, 0.2) is 0 Å². The van der Waals surface area contributed by atoms with E-state index in [2.05, 4.69) is 12.2 Å². The molecule has 1 saturated heterocycles. The minimum absolute atomic E-state index is 0.123. The van der Waals surface area contributed by atoms with E-state index in [1.807, 2.05) is 26.0 Å². The largest absolute Gasteiger partial charge is 0.423 e. The standard InChI is InChI=1S/C24H21NO4/c1-13-4-3-5-19(14(13)2)29-24(28)15-8-10-18(11-9-15)25-22(26)20-16-6-7-17(12-16)21(20)23(25)27/h3-11,16-17,20-21H,12H2,1-2H3/t16-,17-,20-,21+/m0/s1. The number of carbonyl (C=O) groups excluding carboxylic acids is 3. The summed E-state index contributed by atoms with van der Waals surface area (Å²) in [6.07, 6.45) is 5.06. The molecule has 0 radical (unpaired) electrons. The minimum atomic E-state index is -0.469. The average Bonchev–Trinajstić information content (AvgIpc) is 3.39. The lowest BCUT2D eigenvalue weighted by Crippen LogP contribution is -2.32. The van der Waals surface area contributed by atoms with Crippen LogP contribution in [0.3, 0.4) is 0 Å². The number of allylic oxidation sites excluding steroid dienone is 2. The molecule has 2 aliphatic carbocycles. The summed E-state index contributed by atoms with van der Waals surface area (Å²) in [7, 11) is 0. The Hall–Kier alpha value is -3.21. The number of amides is 2. The molecule has 0 N–H and O–H groups in total. The highest BCUT2D eigenvalue weighted by Gasteiger charge is 2.59. The molecule has 1 aliphatic heterocycles. The molecule has 1 saturated carbocycles. The zero-order valence-electron chi connectivity index (χ0n) is 16.3. The first kappa shape index (κ1) is 17.9. The molecule has 0 unspecified atom stereocenters. The molecular weight excluding hydrogens is 366 g/mol. The van der Waals surface area contributed by atoms with E-state index in [4.69, 9.17) is 4.74 Å². The fourth-order valence-electron chi connectivity index (χ4n) is 4.90. The first-order valence-electron chi connectivity index (χ1n) is 9.90. The van der Waals surface area contributed by atoms with Gasteiger partial charge >= 0.3 is 5.97 Å². The number of hydrogen-bond donors (Lipinski definition) is 0. The van der Waals surface area contributed by atoms with Gasteiger partial charge in [-0.1, -0.05) is 24.3 Å². The molecule has 0 aromatic heterocycles. The summed E-state index contributed by atoms with van der Waals surface area (Å²) in [6.45, 7) is 3.87. The van der Waals surface area contributed by atoms with E-state index in [1.54, 1.807) is 30.3 Å². The fraction of sp³-hybridized carbons (Fsp3) is 0.292. The number of anilines is 1. The molecule has 2 fully saturated rings. The third-order valence-corrected chi connectivity index (χ3v) is 6.59. The maximum Gasteiger partial charge on any atom is 0.343 e. The predicted molar refractivity (Wildman–Crippen MR) is 108 cm³/mol. The number of ether oxygens (including phenoxy) is 1. The number of esters is 1. The van der Waals surface area contributed by atoms with Gasteiger partial charge in [0.2, 0.25) is 11.8 Å². The van der Waals surface area contributed by atoms with E-state index in [0.717, 1.165) is 17.5 Å². The van der Waals surface area contributed by atoms with Gasteiger partial charge in [-0.15, -0.1) is 0 Å². The first-order chi connectivity index (χ1) is 14.0. The van der Waals surface area contributed by atoms with E-state index < -0.39 is 5.97 Å². The van der Waals surface area contributed by atoms with Crippen molar-refractivity contribution in [3.63, 3.8) is 0 Å². The Balaban J connectivity index is 1.36. The third-order valence-electron chi connectivity index (χ3n) is 6.59. The number of carbonyl (C=O) groups is 3. The van der Waals surface area contributed by atoms with Crippen LogP contribution in [-0.2, 0) is 9.59 Å². The quantitative estimate of drug-likeness (QED) is 0.347. The summed E-state index contributed by atoms with van der Waals surface area (Å²) < 4.78 is 5.52. The summed E-state index contributed by atoms with van der Waals surface area (Å²) in [6, 6.07) is 12.1. The molecule has 3 aliphatic rings. The van der Waals surface area contributed by atoms with Gasteiger partial charge in [-0.2, -0.15) is 0 Å². The summed E-state index contributed by atoms with van der Waals surface area (Å²) in [5, 5.41) is 0. The van der Waals surface area contributed by atoms with E-state index in [9.17, 15) is 14.4 Å². The monoisotopic (exact) mass is 387 g/mol. The van der Waals surface area contributed by atoms with Gasteiger partial charge in [-0.25, -0.2) is 4.79 Å². The van der Waals surface area contributed by atoms with E-state index in [0.29, 0.717) is 17.0 Å². The van der Waals surface area contributed by atoms with E-state index >= 15 is 0 Å². The lowest BCUT2D eigenvalue weighted by molar-refractivity contribution is -0.123. The van der Waals surface area contributed by atoms with Crippen LogP contribution in [0.5, 0.6) is 5.75 Å². The molecule has 2 bridgehead atoms. The fourth-order valence-corrected chi connectivity index (χ4v) is 4.90. The maximum absolute atomic E-state index is 12.9. The van der Waals surface area contributed by atoms with Crippen LogP contribution >= 0.6 is 0 Å². The van der Waals surface area contributed by atoms with Crippen molar-refractivity contribution in [1.29, 1.82) is 0 Å². The van der Waals surface area contributed by atoms with Crippen molar-refractivity contribution in [2.24, 2.45) is 23.7 Å². The van der Waals surface area contributed by atoms with Crippen molar-refractivity contribution in [3.05, 3.63) is 71.3 Å². The van der Waals surface area contributed by atoms with Crippen LogP contribution in [0.1, 0.15) is 27.9 Å². The summed E-state index contributed by atoms with van der Waals surface area (Å²) in [5.74, 6) is -0.289. The number of fused-ring (bicyclic) bond motifs is 5. The highest BCUT2D eigenvalue weighted by molar-refractivity contribution is 6.22. The Labute approximate surface area is 169 Å². The number of aryl methyl sites for hydroxylation is 1. The number of hydrogen-bond acceptors (Lipinski definition) is 4. The zero-order valence-corrected chi connectivity index (χ0v) is 16.3. The zero-order chi connectivity index (χ0) is 20.3. The molecule has 1 heterocycles. The molecule has 2 aromatic carbocycles.